The zero-order valence-electron chi connectivity index (χ0n) is 30.8. The Morgan fingerprint density at radius 2 is 0.846 bits per heavy atom. The Kier molecular flexibility index (Phi) is 11.6. The van der Waals surface area contributed by atoms with Gasteiger partial charge < -0.3 is 10.6 Å². The third-order valence-corrected chi connectivity index (χ3v) is 10.3. The molecule has 0 saturated carbocycles. The first-order valence-corrected chi connectivity index (χ1v) is 17.8. The number of hydrogen-bond donors (Lipinski definition) is 2. The summed E-state index contributed by atoms with van der Waals surface area (Å²) in [7, 11) is 0. The molecule has 4 aromatic rings. The van der Waals surface area contributed by atoms with Gasteiger partial charge in [-0.2, -0.15) is 0 Å². The van der Waals surface area contributed by atoms with Crippen molar-refractivity contribution in [3.8, 4) is 0 Å². The fourth-order valence-electron chi connectivity index (χ4n) is 7.85. The summed E-state index contributed by atoms with van der Waals surface area (Å²) in [4.78, 5) is 50.3. The topological polar surface area (TPSA) is 92.3 Å². The van der Waals surface area contributed by atoms with Crippen molar-refractivity contribution in [2.45, 2.75) is 90.1 Å². The van der Waals surface area contributed by atoms with Crippen molar-refractivity contribution in [1.82, 2.24) is 10.6 Å². The number of ketones is 2. The van der Waals surface area contributed by atoms with Crippen LogP contribution in [0.4, 0.5) is 8.78 Å². The molecule has 52 heavy (non-hydrogen) atoms. The van der Waals surface area contributed by atoms with E-state index in [0.717, 1.165) is 33.4 Å². The Bertz CT molecular complexity index is 1760. The second-order valence-electron chi connectivity index (χ2n) is 15.5. The first-order chi connectivity index (χ1) is 24.5. The van der Waals surface area contributed by atoms with Crippen LogP contribution < -0.4 is 10.6 Å². The van der Waals surface area contributed by atoms with E-state index in [9.17, 15) is 28.0 Å². The lowest BCUT2D eigenvalue weighted by Gasteiger charge is -2.29. The minimum absolute atomic E-state index is 0.00781. The first-order valence-electron chi connectivity index (χ1n) is 17.8. The Balaban J connectivity index is 0.000000201. The van der Waals surface area contributed by atoms with Crippen molar-refractivity contribution < 1.29 is 28.0 Å². The molecule has 2 amide bonds. The minimum atomic E-state index is -0.410. The van der Waals surface area contributed by atoms with E-state index in [1.807, 2.05) is 90.1 Å². The predicted octanol–water partition coefficient (Wildman–Crippen LogP) is 7.89. The molecule has 0 aromatic heterocycles. The van der Waals surface area contributed by atoms with Crippen molar-refractivity contribution >= 4 is 23.4 Å². The number of aryl methyl sites for hydroxylation is 2. The fraction of sp³-hybridized carbons (Fsp3) is 0.364. The maximum Gasteiger partial charge on any atom is 0.224 e. The molecule has 2 N–H and O–H groups in total. The van der Waals surface area contributed by atoms with Gasteiger partial charge in [0.05, 0.1) is 11.8 Å². The SMILES string of the molecule is Cc1ccc([C@H]2C(CC(=O)Cc3ccc(F)cc3)C(=O)NC2(C)C)cc1.Cc1ccc([C@H]2C(CC(=O)Cc3ccc(F)cc3)C(=O)NC2(C)C)cc1. The summed E-state index contributed by atoms with van der Waals surface area (Å²) < 4.78 is 26.0. The highest BCUT2D eigenvalue weighted by atomic mass is 19.1. The summed E-state index contributed by atoms with van der Waals surface area (Å²) in [5, 5.41) is 6.08. The smallest absolute Gasteiger partial charge is 0.224 e. The molecule has 2 unspecified atom stereocenters. The molecule has 2 aliphatic rings. The molecular formula is C44H48F2N2O4. The van der Waals surface area contributed by atoms with Gasteiger partial charge in [-0.25, -0.2) is 8.78 Å². The van der Waals surface area contributed by atoms with Crippen LogP contribution in [0.1, 0.15) is 85.8 Å². The quantitative estimate of drug-likeness (QED) is 0.176. The molecule has 4 atom stereocenters. The number of carbonyl (C=O) groups is 4. The monoisotopic (exact) mass is 706 g/mol. The summed E-state index contributed by atoms with van der Waals surface area (Å²) in [5.41, 5.74) is 5.17. The van der Waals surface area contributed by atoms with Gasteiger partial charge in [-0.1, -0.05) is 83.9 Å². The summed E-state index contributed by atoms with van der Waals surface area (Å²) in [6.07, 6.45) is 0.798. The van der Waals surface area contributed by atoms with Gasteiger partial charge in [0, 0.05) is 48.6 Å². The highest BCUT2D eigenvalue weighted by Crippen LogP contribution is 2.43. The van der Waals surface area contributed by atoms with Gasteiger partial charge in [0.1, 0.15) is 23.2 Å². The maximum atomic E-state index is 13.0. The molecule has 0 aliphatic carbocycles. The fourth-order valence-corrected chi connectivity index (χ4v) is 7.85. The number of amides is 2. The van der Waals surface area contributed by atoms with Crippen LogP contribution in [0.5, 0.6) is 0 Å². The van der Waals surface area contributed by atoms with E-state index in [1.165, 1.54) is 24.3 Å². The molecule has 0 bridgehead atoms. The molecule has 2 aliphatic heterocycles. The van der Waals surface area contributed by atoms with Crippen molar-refractivity contribution in [2.75, 3.05) is 0 Å². The third-order valence-electron chi connectivity index (χ3n) is 10.3. The number of benzene rings is 4. The molecule has 8 heteroatoms. The van der Waals surface area contributed by atoms with Gasteiger partial charge >= 0.3 is 0 Å². The van der Waals surface area contributed by atoms with Gasteiger partial charge in [-0.3, -0.25) is 19.2 Å². The molecule has 0 radical (unpaired) electrons. The summed E-state index contributed by atoms with van der Waals surface area (Å²) in [5.74, 6) is -1.71. The second kappa shape index (κ2) is 15.7. The lowest BCUT2D eigenvalue weighted by Crippen LogP contribution is -2.38. The van der Waals surface area contributed by atoms with Crippen molar-refractivity contribution in [3.05, 3.63) is 142 Å². The van der Waals surface area contributed by atoms with E-state index >= 15 is 0 Å². The van der Waals surface area contributed by atoms with E-state index in [-0.39, 0.29) is 84.4 Å². The van der Waals surface area contributed by atoms with Gasteiger partial charge in [0.2, 0.25) is 11.8 Å². The maximum absolute atomic E-state index is 13.0. The molecule has 2 fully saturated rings. The van der Waals surface area contributed by atoms with Gasteiger partial charge in [-0.15, -0.1) is 0 Å². The molecule has 6 nitrogen and oxygen atoms in total. The number of nitrogens with one attached hydrogen (secondary N) is 2. The standard InChI is InChI=1S/2C22H24FNO2/c2*1-14-4-8-16(9-5-14)20-19(21(26)24-22(20,2)3)13-18(25)12-15-6-10-17(23)11-7-15/h2*4-11,19-20H,12-13H2,1-3H3,(H,24,26)/t2*19?,20-/m00/s1. The highest BCUT2D eigenvalue weighted by Gasteiger charge is 2.49. The van der Waals surface area contributed by atoms with Crippen LogP contribution in [-0.2, 0) is 32.0 Å². The number of Topliss-reactive ketones (excluding diaryl/α,β-unsaturated/α-hetero) is 2. The van der Waals surface area contributed by atoms with Crippen molar-refractivity contribution in [1.29, 1.82) is 0 Å². The number of halogens is 2. The summed E-state index contributed by atoms with van der Waals surface area (Å²) >= 11 is 0. The van der Waals surface area contributed by atoms with E-state index < -0.39 is 11.1 Å². The zero-order chi connectivity index (χ0) is 37.8. The number of rotatable bonds is 10. The predicted molar refractivity (Wildman–Crippen MR) is 199 cm³/mol. The van der Waals surface area contributed by atoms with Gasteiger partial charge in [0.15, 0.2) is 0 Å². The molecule has 272 valence electrons. The van der Waals surface area contributed by atoms with Crippen LogP contribution in [-0.4, -0.2) is 34.5 Å². The van der Waals surface area contributed by atoms with Crippen molar-refractivity contribution in [3.63, 3.8) is 0 Å². The lowest BCUT2D eigenvalue weighted by molar-refractivity contribution is -0.127. The molecular weight excluding hydrogens is 658 g/mol. The Morgan fingerprint density at radius 1 is 0.538 bits per heavy atom. The van der Waals surface area contributed by atoms with Crippen LogP contribution >= 0.6 is 0 Å². The lowest BCUT2D eigenvalue weighted by atomic mass is 9.75. The second-order valence-corrected chi connectivity index (χ2v) is 15.5. The largest absolute Gasteiger partial charge is 0.350 e. The van der Waals surface area contributed by atoms with Crippen LogP contribution in [0.15, 0.2) is 97.1 Å². The summed E-state index contributed by atoms with van der Waals surface area (Å²) in [6, 6.07) is 28.2. The molecule has 6 rings (SSSR count). The van der Waals surface area contributed by atoms with Gasteiger partial charge in [0.25, 0.3) is 0 Å². The molecule has 2 heterocycles. The Labute approximate surface area is 305 Å². The third kappa shape index (κ3) is 9.27. The van der Waals surface area contributed by atoms with E-state index in [1.54, 1.807) is 24.3 Å². The van der Waals surface area contributed by atoms with Crippen LogP contribution in [0.2, 0.25) is 0 Å². The minimum Gasteiger partial charge on any atom is -0.350 e. The van der Waals surface area contributed by atoms with E-state index in [0.29, 0.717) is 0 Å². The molecule has 2 saturated heterocycles. The Morgan fingerprint density at radius 3 is 1.15 bits per heavy atom. The van der Waals surface area contributed by atoms with Crippen LogP contribution in [0, 0.1) is 37.3 Å². The highest BCUT2D eigenvalue weighted by molar-refractivity contribution is 5.91. The van der Waals surface area contributed by atoms with E-state index in [2.05, 4.69) is 10.6 Å². The normalized spacial score (nSPS) is 21.5. The molecule has 0 spiro atoms. The molecule has 4 aromatic carbocycles. The van der Waals surface area contributed by atoms with Gasteiger partial charge in [-0.05, 0) is 88.1 Å². The van der Waals surface area contributed by atoms with Crippen LogP contribution in [0.3, 0.4) is 0 Å². The first kappa shape index (κ1) is 38.3. The average Bonchev–Trinajstić information content (AvgIpc) is 3.44. The number of carbonyl (C=O) groups excluding carboxylic acids is 4. The Hall–Kier alpha value is -4.98. The number of hydrogen-bond acceptors (Lipinski definition) is 4. The summed E-state index contributed by atoms with van der Waals surface area (Å²) in [6.45, 7) is 12.0. The van der Waals surface area contributed by atoms with Crippen LogP contribution in [0.25, 0.3) is 0 Å². The zero-order valence-corrected chi connectivity index (χ0v) is 30.8. The average molecular weight is 707 g/mol. The van der Waals surface area contributed by atoms with E-state index in [4.69, 9.17) is 0 Å². The van der Waals surface area contributed by atoms with Crippen molar-refractivity contribution in [2.24, 2.45) is 11.8 Å².